The lowest BCUT2D eigenvalue weighted by molar-refractivity contribution is 0.414. The predicted molar refractivity (Wildman–Crippen MR) is 98.5 cm³/mol. The van der Waals surface area contributed by atoms with Crippen molar-refractivity contribution in [2.45, 2.75) is 38.6 Å². The summed E-state index contributed by atoms with van der Waals surface area (Å²) >= 11 is 0. The zero-order chi connectivity index (χ0) is 14.4. The van der Waals surface area contributed by atoms with Crippen molar-refractivity contribution >= 4 is 29.9 Å². The second-order valence-corrected chi connectivity index (χ2v) is 5.40. The van der Waals surface area contributed by atoms with Crippen LogP contribution in [0.2, 0.25) is 0 Å². The van der Waals surface area contributed by atoms with Crippen LogP contribution in [0.4, 0.5) is 0 Å². The van der Waals surface area contributed by atoms with E-state index in [1.165, 1.54) is 24.8 Å². The van der Waals surface area contributed by atoms with E-state index in [0.29, 0.717) is 12.0 Å². The molecule has 1 aliphatic carbocycles. The maximum atomic E-state index is 5.90. The smallest absolute Gasteiger partial charge is 0.188 e. The highest BCUT2D eigenvalue weighted by molar-refractivity contribution is 14.0. The molecular formula is C16H26IN3O. The van der Waals surface area contributed by atoms with Gasteiger partial charge in [0, 0.05) is 12.6 Å². The van der Waals surface area contributed by atoms with Gasteiger partial charge in [-0.15, -0.1) is 24.0 Å². The maximum Gasteiger partial charge on any atom is 0.188 e. The van der Waals surface area contributed by atoms with Gasteiger partial charge in [-0.1, -0.05) is 25.5 Å². The highest BCUT2D eigenvalue weighted by Crippen LogP contribution is 2.34. The number of nitrogens with zero attached hydrogens (tertiary/aromatic N) is 1. The van der Waals surface area contributed by atoms with Crippen molar-refractivity contribution in [3.8, 4) is 5.75 Å². The maximum absolute atomic E-state index is 5.90. The van der Waals surface area contributed by atoms with Gasteiger partial charge in [0.1, 0.15) is 5.75 Å². The molecule has 1 saturated carbocycles. The van der Waals surface area contributed by atoms with Crippen molar-refractivity contribution in [2.24, 2.45) is 16.6 Å². The summed E-state index contributed by atoms with van der Waals surface area (Å²) in [6, 6.07) is 8.63. The second-order valence-electron chi connectivity index (χ2n) is 5.40. The Morgan fingerprint density at radius 2 is 2.10 bits per heavy atom. The molecule has 4 nitrogen and oxygen atoms in total. The lowest BCUT2D eigenvalue weighted by Gasteiger charge is -2.05. The number of nitrogens with one attached hydrogen (secondary N) is 1. The largest absolute Gasteiger partial charge is 0.497 e. The molecule has 0 saturated heterocycles. The van der Waals surface area contributed by atoms with Gasteiger partial charge in [0.25, 0.3) is 0 Å². The standard InChI is InChI=1S/C16H25N3O.HI/c1-3-4-13-11-15(13)19-16(17)18-10-9-12-5-7-14(20-2)8-6-12;/h5-8,13,15H,3-4,9-11H2,1-2H3,(H3,17,18,19);1H. The number of aliphatic imine (C=N–C) groups is 1. The summed E-state index contributed by atoms with van der Waals surface area (Å²) in [4.78, 5) is 4.39. The first-order chi connectivity index (χ1) is 9.72. The van der Waals surface area contributed by atoms with E-state index in [9.17, 15) is 0 Å². The van der Waals surface area contributed by atoms with Crippen molar-refractivity contribution in [1.29, 1.82) is 0 Å². The number of methoxy groups -OCH3 is 1. The lowest BCUT2D eigenvalue weighted by Crippen LogP contribution is -2.34. The third-order valence-electron chi connectivity index (χ3n) is 3.76. The third-order valence-corrected chi connectivity index (χ3v) is 3.76. The first-order valence-electron chi connectivity index (χ1n) is 7.42. The van der Waals surface area contributed by atoms with E-state index < -0.39 is 0 Å². The molecule has 2 rings (SSSR count). The van der Waals surface area contributed by atoms with Crippen molar-refractivity contribution < 1.29 is 4.74 Å². The van der Waals surface area contributed by atoms with E-state index in [0.717, 1.165) is 24.6 Å². The third kappa shape index (κ3) is 6.11. The SMILES string of the molecule is CCCC1CC1NC(N)=NCCc1ccc(OC)cc1.I. The van der Waals surface area contributed by atoms with Crippen molar-refractivity contribution in [3.63, 3.8) is 0 Å². The molecule has 0 amide bonds. The Hall–Kier alpha value is -0.980. The zero-order valence-electron chi connectivity index (χ0n) is 12.8. The van der Waals surface area contributed by atoms with Gasteiger partial charge in [0.05, 0.1) is 7.11 Å². The fourth-order valence-corrected chi connectivity index (χ4v) is 2.45. The van der Waals surface area contributed by atoms with E-state index >= 15 is 0 Å². The van der Waals surface area contributed by atoms with Gasteiger partial charge in [-0.3, -0.25) is 4.99 Å². The van der Waals surface area contributed by atoms with E-state index in [2.05, 4.69) is 29.4 Å². The summed E-state index contributed by atoms with van der Waals surface area (Å²) in [5, 5.41) is 3.30. The van der Waals surface area contributed by atoms with Gasteiger partial charge < -0.3 is 15.8 Å². The lowest BCUT2D eigenvalue weighted by atomic mass is 10.1. The second kappa shape index (κ2) is 9.12. The topological polar surface area (TPSA) is 59.6 Å². The van der Waals surface area contributed by atoms with E-state index in [1.807, 2.05) is 12.1 Å². The first kappa shape index (κ1) is 18.1. The van der Waals surface area contributed by atoms with Gasteiger partial charge in [-0.2, -0.15) is 0 Å². The Labute approximate surface area is 144 Å². The monoisotopic (exact) mass is 403 g/mol. The zero-order valence-corrected chi connectivity index (χ0v) is 15.2. The van der Waals surface area contributed by atoms with Crippen LogP contribution in [-0.2, 0) is 6.42 Å². The van der Waals surface area contributed by atoms with Crippen molar-refractivity contribution in [3.05, 3.63) is 29.8 Å². The molecule has 0 spiro atoms. The average Bonchev–Trinajstić information content (AvgIpc) is 3.18. The quantitative estimate of drug-likeness (QED) is 0.418. The van der Waals surface area contributed by atoms with E-state index in [-0.39, 0.29) is 24.0 Å². The van der Waals surface area contributed by atoms with E-state index in [1.54, 1.807) is 7.11 Å². The molecule has 5 heteroatoms. The minimum Gasteiger partial charge on any atom is -0.497 e. The summed E-state index contributed by atoms with van der Waals surface area (Å²) in [6.07, 6.45) is 4.67. The highest BCUT2D eigenvalue weighted by atomic mass is 127. The molecule has 21 heavy (non-hydrogen) atoms. The summed E-state index contributed by atoms with van der Waals surface area (Å²) < 4.78 is 5.13. The van der Waals surface area contributed by atoms with Crippen LogP contribution in [0.25, 0.3) is 0 Å². The number of ether oxygens (including phenoxy) is 1. The molecule has 1 aromatic rings. The fourth-order valence-electron chi connectivity index (χ4n) is 2.45. The molecule has 0 aliphatic heterocycles. The van der Waals surface area contributed by atoms with Crippen LogP contribution < -0.4 is 15.8 Å². The number of nitrogens with two attached hydrogens (primary N) is 1. The minimum absolute atomic E-state index is 0. The molecule has 0 radical (unpaired) electrons. The first-order valence-corrected chi connectivity index (χ1v) is 7.42. The number of rotatable bonds is 7. The summed E-state index contributed by atoms with van der Waals surface area (Å²) in [5.41, 5.74) is 7.15. The molecule has 2 unspecified atom stereocenters. The Bertz CT molecular complexity index is 447. The molecule has 0 bridgehead atoms. The van der Waals surface area contributed by atoms with Gasteiger partial charge in [-0.25, -0.2) is 0 Å². The molecular weight excluding hydrogens is 377 g/mol. The predicted octanol–water partition coefficient (Wildman–Crippen LogP) is 2.95. The molecule has 1 aromatic carbocycles. The van der Waals surface area contributed by atoms with Crippen molar-refractivity contribution in [1.82, 2.24) is 5.32 Å². The molecule has 0 aromatic heterocycles. The van der Waals surface area contributed by atoms with Crippen molar-refractivity contribution in [2.75, 3.05) is 13.7 Å². The number of guanidine groups is 1. The van der Waals surface area contributed by atoms with E-state index in [4.69, 9.17) is 10.5 Å². The number of hydrogen-bond acceptors (Lipinski definition) is 2. The molecule has 1 fully saturated rings. The normalized spacial score (nSPS) is 20.6. The van der Waals surface area contributed by atoms with Crippen LogP contribution in [0, 0.1) is 5.92 Å². The van der Waals surface area contributed by atoms with Crippen LogP contribution in [0.1, 0.15) is 31.7 Å². The molecule has 3 N–H and O–H groups in total. The van der Waals surface area contributed by atoms with Crippen LogP contribution in [0.5, 0.6) is 5.75 Å². The number of halogens is 1. The summed E-state index contributed by atoms with van der Waals surface area (Å²) in [5.74, 6) is 2.27. The summed E-state index contributed by atoms with van der Waals surface area (Å²) in [6.45, 7) is 2.94. The van der Waals surface area contributed by atoms with Gasteiger partial charge >= 0.3 is 0 Å². The van der Waals surface area contributed by atoms with Gasteiger partial charge in [-0.05, 0) is 42.9 Å². The molecule has 0 heterocycles. The Morgan fingerprint density at radius 1 is 1.38 bits per heavy atom. The Balaban J connectivity index is 0.00000220. The molecule has 118 valence electrons. The van der Waals surface area contributed by atoms with Crippen LogP contribution in [0.3, 0.4) is 0 Å². The fraction of sp³-hybridized carbons (Fsp3) is 0.562. The van der Waals surface area contributed by atoms with Crippen LogP contribution in [-0.4, -0.2) is 25.7 Å². The highest BCUT2D eigenvalue weighted by Gasteiger charge is 2.36. The number of hydrogen-bond donors (Lipinski definition) is 2. The Morgan fingerprint density at radius 3 is 2.71 bits per heavy atom. The minimum atomic E-state index is 0. The Kier molecular flexibility index (Phi) is 7.85. The molecule has 1 aliphatic rings. The molecule has 2 atom stereocenters. The van der Waals surface area contributed by atoms with Crippen LogP contribution >= 0.6 is 24.0 Å². The average molecular weight is 403 g/mol. The van der Waals surface area contributed by atoms with Gasteiger partial charge in [0.15, 0.2) is 5.96 Å². The summed E-state index contributed by atoms with van der Waals surface area (Å²) in [7, 11) is 1.68. The van der Waals surface area contributed by atoms with Crippen LogP contribution in [0.15, 0.2) is 29.3 Å². The van der Waals surface area contributed by atoms with Gasteiger partial charge in [0.2, 0.25) is 0 Å². The number of benzene rings is 1.